The Hall–Kier alpha value is -0.930. The van der Waals surface area contributed by atoms with Gasteiger partial charge in [0.15, 0.2) is 0 Å². The molecule has 1 fully saturated rings. The molecule has 0 aliphatic heterocycles. The molecule has 1 aliphatic carbocycles. The topological polar surface area (TPSA) is 35.2 Å². The molecular weight excluding hydrogens is 229 g/mol. The van der Waals surface area contributed by atoms with Gasteiger partial charge in [-0.05, 0) is 30.9 Å². The lowest BCUT2D eigenvalue weighted by atomic mass is 9.77. The van der Waals surface area contributed by atoms with Crippen molar-refractivity contribution in [2.45, 2.75) is 50.2 Å². The van der Waals surface area contributed by atoms with Crippen molar-refractivity contribution >= 4 is 0 Å². The molecule has 1 atom stereocenters. The van der Waals surface area contributed by atoms with Gasteiger partial charge in [-0.1, -0.05) is 37.5 Å². The van der Waals surface area contributed by atoms with E-state index in [1.807, 2.05) is 6.07 Å². The molecule has 1 aliphatic rings. The second-order valence-corrected chi connectivity index (χ2v) is 5.23. The van der Waals surface area contributed by atoms with E-state index >= 15 is 0 Å². The smallest absolute Gasteiger partial charge is 0.126 e. The van der Waals surface area contributed by atoms with E-state index < -0.39 is 0 Å². The third-order valence-electron chi connectivity index (χ3n) is 4.18. The SMILES string of the molecule is COC1(C(N)Cc2ccccc2F)CCCCC1. The number of nitrogens with two attached hydrogens (primary N) is 1. The van der Waals surface area contributed by atoms with Crippen LogP contribution < -0.4 is 5.73 Å². The number of hydrogen-bond acceptors (Lipinski definition) is 2. The lowest BCUT2D eigenvalue weighted by Gasteiger charge is -2.41. The van der Waals surface area contributed by atoms with E-state index in [-0.39, 0.29) is 17.5 Å². The molecule has 0 radical (unpaired) electrons. The van der Waals surface area contributed by atoms with Crippen LogP contribution in [0.15, 0.2) is 24.3 Å². The van der Waals surface area contributed by atoms with Crippen LogP contribution >= 0.6 is 0 Å². The number of methoxy groups -OCH3 is 1. The van der Waals surface area contributed by atoms with E-state index in [9.17, 15) is 4.39 Å². The zero-order valence-electron chi connectivity index (χ0n) is 11.0. The van der Waals surface area contributed by atoms with Crippen LogP contribution in [0.3, 0.4) is 0 Å². The summed E-state index contributed by atoms with van der Waals surface area (Å²) in [5.41, 5.74) is 6.73. The third-order valence-corrected chi connectivity index (χ3v) is 4.18. The molecule has 2 N–H and O–H groups in total. The molecule has 0 heterocycles. The Labute approximate surface area is 108 Å². The molecule has 0 saturated heterocycles. The molecule has 100 valence electrons. The summed E-state index contributed by atoms with van der Waals surface area (Å²) in [6.45, 7) is 0. The highest BCUT2D eigenvalue weighted by atomic mass is 19.1. The van der Waals surface area contributed by atoms with E-state index in [1.54, 1.807) is 19.2 Å². The van der Waals surface area contributed by atoms with E-state index in [0.717, 1.165) is 25.7 Å². The second kappa shape index (κ2) is 5.81. The van der Waals surface area contributed by atoms with Crippen molar-refractivity contribution in [2.24, 2.45) is 5.73 Å². The van der Waals surface area contributed by atoms with Gasteiger partial charge in [-0.15, -0.1) is 0 Å². The number of hydrogen-bond donors (Lipinski definition) is 1. The lowest BCUT2D eigenvalue weighted by molar-refractivity contribution is -0.0584. The highest BCUT2D eigenvalue weighted by Crippen LogP contribution is 2.34. The van der Waals surface area contributed by atoms with Crippen molar-refractivity contribution in [1.29, 1.82) is 0 Å². The van der Waals surface area contributed by atoms with Crippen LogP contribution in [0.4, 0.5) is 4.39 Å². The molecule has 1 aromatic carbocycles. The summed E-state index contributed by atoms with van der Waals surface area (Å²) in [4.78, 5) is 0. The van der Waals surface area contributed by atoms with Gasteiger partial charge in [-0.25, -0.2) is 4.39 Å². The molecule has 0 amide bonds. The van der Waals surface area contributed by atoms with Crippen LogP contribution in [0.25, 0.3) is 0 Å². The first-order valence-electron chi connectivity index (χ1n) is 6.72. The summed E-state index contributed by atoms with van der Waals surface area (Å²) in [7, 11) is 1.73. The van der Waals surface area contributed by atoms with Gasteiger partial charge in [-0.2, -0.15) is 0 Å². The van der Waals surface area contributed by atoms with Gasteiger partial charge in [0.2, 0.25) is 0 Å². The highest BCUT2D eigenvalue weighted by Gasteiger charge is 2.38. The molecular formula is C15H22FNO. The Morgan fingerprint density at radius 1 is 1.28 bits per heavy atom. The Balaban J connectivity index is 2.10. The summed E-state index contributed by atoms with van der Waals surface area (Å²) >= 11 is 0. The average molecular weight is 251 g/mol. The maximum Gasteiger partial charge on any atom is 0.126 e. The first-order valence-corrected chi connectivity index (χ1v) is 6.72. The van der Waals surface area contributed by atoms with Gasteiger partial charge in [-0.3, -0.25) is 0 Å². The van der Waals surface area contributed by atoms with Gasteiger partial charge in [0.1, 0.15) is 5.82 Å². The maximum absolute atomic E-state index is 13.6. The Bertz CT molecular complexity index is 388. The summed E-state index contributed by atoms with van der Waals surface area (Å²) in [6.07, 6.45) is 6.06. The fourth-order valence-electron chi connectivity index (χ4n) is 2.96. The van der Waals surface area contributed by atoms with Gasteiger partial charge >= 0.3 is 0 Å². The van der Waals surface area contributed by atoms with Crippen molar-refractivity contribution in [3.8, 4) is 0 Å². The minimum atomic E-state index is -0.263. The quantitative estimate of drug-likeness (QED) is 0.892. The molecule has 18 heavy (non-hydrogen) atoms. The maximum atomic E-state index is 13.6. The Morgan fingerprint density at radius 2 is 1.94 bits per heavy atom. The summed E-state index contributed by atoms with van der Waals surface area (Å²) in [5.74, 6) is -0.171. The van der Waals surface area contributed by atoms with E-state index in [4.69, 9.17) is 10.5 Å². The van der Waals surface area contributed by atoms with Crippen LogP contribution in [0.2, 0.25) is 0 Å². The summed E-state index contributed by atoms with van der Waals surface area (Å²) in [6, 6.07) is 6.71. The van der Waals surface area contributed by atoms with Crippen LogP contribution in [0.1, 0.15) is 37.7 Å². The number of rotatable bonds is 4. The average Bonchev–Trinajstić information content (AvgIpc) is 2.42. The highest BCUT2D eigenvalue weighted by molar-refractivity contribution is 5.19. The van der Waals surface area contributed by atoms with Gasteiger partial charge in [0, 0.05) is 13.2 Å². The largest absolute Gasteiger partial charge is 0.377 e. The third kappa shape index (κ3) is 2.73. The minimum Gasteiger partial charge on any atom is -0.377 e. The Morgan fingerprint density at radius 3 is 2.56 bits per heavy atom. The van der Waals surface area contributed by atoms with Crippen LogP contribution in [0, 0.1) is 5.82 Å². The summed E-state index contributed by atoms with van der Waals surface area (Å²) < 4.78 is 19.4. The molecule has 2 nitrogen and oxygen atoms in total. The van der Waals surface area contributed by atoms with Crippen molar-refractivity contribution < 1.29 is 9.13 Å². The zero-order chi connectivity index (χ0) is 13.0. The van der Waals surface area contributed by atoms with Gasteiger partial charge in [0.25, 0.3) is 0 Å². The van der Waals surface area contributed by atoms with Crippen molar-refractivity contribution in [1.82, 2.24) is 0 Å². The van der Waals surface area contributed by atoms with Crippen LogP contribution in [-0.2, 0) is 11.2 Å². The molecule has 3 heteroatoms. The fraction of sp³-hybridized carbons (Fsp3) is 0.600. The first kappa shape index (κ1) is 13.5. The van der Waals surface area contributed by atoms with Gasteiger partial charge < -0.3 is 10.5 Å². The fourth-order valence-corrected chi connectivity index (χ4v) is 2.96. The predicted octanol–water partition coefficient (Wildman–Crippen LogP) is 3.04. The molecule has 0 spiro atoms. The number of halogens is 1. The summed E-state index contributed by atoms with van der Waals surface area (Å²) in [5, 5.41) is 0. The standard InChI is InChI=1S/C15H22FNO/c1-18-15(9-5-2-6-10-15)14(17)11-12-7-3-4-8-13(12)16/h3-4,7-8,14H,2,5-6,9-11,17H2,1H3. The van der Waals surface area contributed by atoms with Crippen molar-refractivity contribution in [3.63, 3.8) is 0 Å². The number of ether oxygens (including phenoxy) is 1. The monoisotopic (exact) mass is 251 g/mol. The van der Waals surface area contributed by atoms with E-state index in [0.29, 0.717) is 12.0 Å². The minimum absolute atomic E-state index is 0.139. The van der Waals surface area contributed by atoms with E-state index in [1.165, 1.54) is 12.5 Å². The zero-order valence-corrected chi connectivity index (χ0v) is 11.0. The Kier molecular flexibility index (Phi) is 4.36. The molecule has 2 rings (SSSR count). The normalized spacial score (nSPS) is 20.6. The van der Waals surface area contributed by atoms with Crippen LogP contribution in [0.5, 0.6) is 0 Å². The first-order chi connectivity index (χ1) is 8.68. The van der Waals surface area contributed by atoms with Crippen LogP contribution in [-0.4, -0.2) is 18.8 Å². The van der Waals surface area contributed by atoms with Crippen molar-refractivity contribution in [3.05, 3.63) is 35.6 Å². The predicted molar refractivity (Wildman–Crippen MR) is 70.9 cm³/mol. The molecule has 1 unspecified atom stereocenters. The van der Waals surface area contributed by atoms with E-state index in [2.05, 4.69) is 0 Å². The molecule has 1 saturated carbocycles. The second-order valence-electron chi connectivity index (χ2n) is 5.23. The van der Waals surface area contributed by atoms with Gasteiger partial charge in [0.05, 0.1) is 5.60 Å². The van der Waals surface area contributed by atoms with Crippen molar-refractivity contribution in [2.75, 3.05) is 7.11 Å². The molecule has 0 bridgehead atoms. The molecule has 0 aromatic heterocycles. The number of benzene rings is 1. The molecule has 1 aromatic rings. The lowest BCUT2D eigenvalue weighted by Crippen LogP contribution is -2.52.